The second-order valence-electron chi connectivity index (χ2n) is 14.3. The molecule has 2 saturated heterocycles. The van der Waals surface area contributed by atoms with Crippen molar-refractivity contribution in [3.63, 3.8) is 0 Å². The van der Waals surface area contributed by atoms with Gasteiger partial charge in [0, 0.05) is 62.6 Å². The summed E-state index contributed by atoms with van der Waals surface area (Å²) >= 11 is 0. The van der Waals surface area contributed by atoms with E-state index >= 15 is 0 Å². The first-order valence-corrected chi connectivity index (χ1v) is 17.3. The van der Waals surface area contributed by atoms with Gasteiger partial charge in [-0.2, -0.15) is 10.4 Å². The quantitative estimate of drug-likeness (QED) is 0.327. The highest BCUT2D eigenvalue weighted by Crippen LogP contribution is 2.33. The molecule has 0 bridgehead atoms. The van der Waals surface area contributed by atoms with Crippen LogP contribution in [0.15, 0.2) is 36.8 Å². The van der Waals surface area contributed by atoms with Gasteiger partial charge in [0.05, 0.1) is 41.7 Å². The Kier molecular flexibility index (Phi) is 10.9. The summed E-state index contributed by atoms with van der Waals surface area (Å²) in [5.41, 5.74) is 1.80. The first-order valence-electron chi connectivity index (χ1n) is 17.3. The van der Waals surface area contributed by atoms with Gasteiger partial charge >= 0.3 is 12.2 Å². The standard InChI is InChI=1S/C36H50N8O5/c1-8-47-29-19-30(32-28(20-37)22-39-44(32)23-29)27-9-10-31(38-21-27)42-15-12-36(13-16-42,40-33(45)48-25(2)3)24-41-14-11-26(4)43(18-17-41)34(46)49-35(5,6)7/h9-10,19,21-23,25-26H,8,11-18,24H2,1-7H3,(H,40,45)/t26-/m0/s1. The fourth-order valence-electron chi connectivity index (χ4n) is 6.61. The number of rotatable bonds is 8. The van der Waals surface area contributed by atoms with E-state index < -0.39 is 17.2 Å². The molecule has 0 unspecified atom stereocenters. The molecule has 2 aliphatic heterocycles. The fourth-order valence-corrected chi connectivity index (χ4v) is 6.61. The largest absolute Gasteiger partial charge is 0.492 e. The zero-order chi connectivity index (χ0) is 35.3. The van der Waals surface area contributed by atoms with Gasteiger partial charge in [0.15, 0.2) is 0 Å². The molecular weight excluding hydrogens is 624 g/mol. The number of pyridine rings is 2. The maximum atomic E-state index is 13.0. The molecule has 2 aliphatic rings. The third kappa shape index (κ3) is 8.73. The number of hydrogen-bond donors (Lipinski definition) is 1. The molecule has 0 aromatic carbocycles. The lowest BCUT2D eigenvalue weighted by Crippen LogP contribution is -2.61. The number of hydrogen-bond acceptors (Lipinski definition) is 10. The number of ether oxygens (including phenoxy) is 3. The molecule has 264 valence electrons. The van der Waals surface area contributed by atoms with Gasteiger partial charge in [-0.05, 0) is 85.9 Å². The van der Waals surface area contributed by atoms with Crippen LogP contribution < -0.4 is 15.0 Å². The average molecular weight is 675 g/mol. The van der Waals surface area contributed by atoms with Crippen molar-refractivity contribution in [3.8, 4) is 22.9 Å². The first-order chi connectivity index (χ1) is 23.3. The number of nitriles is 1. The van der Waals surface area contributed by atoms with Crippen LogP contribution >= 0.6 is 0 Å². The summed E-state index contributed by atoms with van der Waals surface area (Å²) in [5, 5.41) is 17.3. The first kappa shape index (κ1) is 35.7. The van der Waals surface area contributed by atoms with Gasteiger partial charge in [-0.25, -0.2) is 19.1 Å². The SMILES string of the molecule is CCOc1cc(-c2ccc(N3CCC(CN4CC[C@H](C)N(C(=O)OC(C)(C)C)CC4)(NC(=O)OC(C)C)CC3)nc2)c2c(C#N)cnn2c1. The molecule has 5 heterocycles. The summed E-state index contributed by atoms with van der Waals surface area (Å²) in [7, 11) is 0. The minimum Gasteiger partial charge on any atom is -0.492 e. The highest BCUT2D eigenvalue weighted by atomic mass is 16.6. The van der Waals surface area contributed by atoms with Crippen LogP contribution in [0.2, 0.25) is 0 Å². The molecule has 3 aromatic rings. The smallest absolute Gasteiger partial charge is 0.410 e. The third-order valence-corrected chi connectivity index (χ3v) is 9.04. The van der Waals surface area contributed by atoms with E-state index in [4.69, 9.17) is 19.2 Å². The Bertz CT molecular complexity index is 1650. The van der Waals surface area contributed by atoms with Crippen molar-refractivity contribution in [1.29, 1.82) is 5.26 Å². The summed E-state index contributed by atoms with van der Waals surface area (Å²) in [6.45, 7) is 17.9. The molecule has 0 aliphatic carbocycles. The Morgan fingerprint density at radius 2 is 1.88 bits per heavy atom. The number of amides is 2. The molecule has 5 rings (SSSR count). The maximum Gasteiger partial charge on any atom is 0.410 e. The maximum absolute atomic E-state index is 13.0. The second-order valence-corrected chi connectivity index (χ2v) is 14.3. The second kappa shape index (κ2) is 14.9. The molecule has 2 amide bonds. The van der Waals surface area contributed by atoms with E-state index in [1.165, 1.54) is 0 Å². The molecule has 1 N–H and O–H groups in total. The molecule has 49 heavy (non-hydrogen) atoms. The minimum atomic E-state index is -0.557. The fraction of sp³-hybridized carbons (Fsp3) is 0.583. The van der Waals surface area contributed by atoms with Crippen LogP contribution in [-0.2, 0) is 9.47 Å². The Hall–Kier alpha value is -4.57. The summed E-state index contributed by atoms with van der Waals surface area (Å²) in [6.07, 6.45) is 6.43. The Labute approximate surface area is 289 Å². The van der Waals surface area contributed by atoms with Crippen molar-refractivity contribution in [3.05, 3.63) is 42.4 Å². The molecule has 0 saturated carbocycles. The van der Waals surface area contributed by atoms with Gasteiger partial charge in [-0.15, -0.1) is 0 Å². The topological polar surface area (TPSA) is 138 Å². The van der Waals surface area contributed by atoms with Crippen LogP contribution in [0.4, 0.5) is 15.4 Å². The summed E-state index contributed by atoms with van der Waals surface area (Å²) in [4.78, 5) is 37.2. The van der Waals surface area contributed by atoms with Gasteiger partial charge in [0.1, 0.15) is 23.2 Å². The van der Waals surface area contributed by atoms with Crippen LogP contribution in [0.1, 0.15) is 73.3 Å². The minimum absolute atomic E-state index is 0.0452. The third-order valence-electron chi connectivity index (χ3n) is 9.04. The molecule has 13 heteroatoms. The van der Waals surface area contributed by atoms with Gasteiger partial charge in [-0.1, -0.05) is 0 Å². The predicted octanol–water partition coefficient (Wildman–Crippen LogP) is 5.47. The van der Waals surface area contributed by atoms with E-state index in [-0.39, 0.29) is 18.2 Å². The Morgan fingerprint density at radius 1 is 1.12 bits per heavy atom. The Morgan fingerprint density at radius 3 is 2.51 bits per heavy atom. The number of carbonyl (C=O) groups is 2. The molecule has 0 spiro atoms. The predicted molar refractivity (Wildman–Crippen MR) is 187 cm³/mol. The van der Waals surface area contributed by atoms with Crippen molar-refractivity contribution >= 4 is 23.5 Å². The van der Waals surface area contributed by atoms with Crippen LogP contribution in [0.3, 0.4) is 0 Å². The van der Waals surface area contributed by atoms with E-state index in [1.807, 2.05) is 70.8 Å². The lowest BCUT2D eigenvalue weighted by molar-refractivity contribution is 0.0186. The number of aromatic nitrogens is 3. The van der Waals surface area contributed by atoms with Gasteiger partial charge < -0.3 is 29.3 Å². The van der Waals surface area contributed by atoms with Crippen molar-refractivity contribution in [2.75, 3.05) is 50.8 Å². The van der Waals surface area contributed by atoms with Gasteiger partial charge in [0.25, 0.3) is 0 Å². The van der Waals surface area contributed by atoms with E-state index in [0.29, 0.717) is 69.0 Å². The van der Waals surface area contributed by atoms with E-state index in [2.05, 4.69) is 33.2 Å². The normalized spacial score (nSPS) is 18.6. The summed E-state index contributed by atoms with van der Waals surface area (Å²) in [5.74, 6) is 1.50. The number of anilines is 1. The average Bonchev–Trinajstić information content (AvgIpc) is 3.36. The number of alkyl carbamates (subject to hydrolysis) is 1. The van der Waals surface area contributed by atoms with Crippen LogP contribution in [0.25, 0.3) is 16.6 Å². The van der Waals surface area contributed by atoms with Crippen LogP contribution in [0, 0.1) is 11.3 Å². The molecule has 2 fully saturated rings. The van der Waals surface area contributed by atoms with E-state index in [9.17, 15) is 14.9 Å². The monoisotopic (exact) mass is 674 g/mol. The van der Waals surface area contributed by atoms with Gasteiger partial charge in [-0.3, -0.25) is 4.90 Å². The highest BCUT2D eigenvalue weighted by molar-refractivity contribution is 5.85. The molecule has 0 radical (unpaired) electrons. The number of piperidine rings is 1. The van der Waals surface area contributed by atoms with Crippen molar-refractivity contribution < 1.29 is 23.8 Å². The Balaban J connectivity index is 1.30. The molecule has 3 aromatic heterocycles. The lowest BCUT2D eigenvalue weighted by Gasteiger charge is -2.45. The molecule has 13 nitrogen and oxygen atoms in total. The van der Waals surface area contributed by atoms with E-state index in [1.54, 1.807) is 16.9 Å². The van der Waals surface area contributed by atoms with Crippen molar-refractivity contribution in [2.24, 2.45) is 0 Å². The van der Waals surface area contributed by atoms with Crippen LogP contribution in [0.5, 0.6) is 5.75 Å². The van der Waals surface area contributed by atoms with Crippen molar-refractivity contribution in [2.45, 2.75) is 91.0 Å². The zero-order valence-electron chi connectivity index (χ0n) is 29.9. The zero-order valence-corrected chi connectivity index (χ0v) is 29.9. The van der Waals surface area contributed by atoms with Crippen LogP contribution in [-0.4, -0.2) is 106 Å². The van der Waals surface area contributed by atoms with Gasteiger partial charge in [0.2, 0.25) is 0 Å². The number of nitrogens with zero attached hydrogens (tertiary/aromatic N) is 7. The number of fused-ring (bicyclic) bond motifs is 1. The number of carbonyl (C=O) groups excluding carboxylic acids is 2. The number of nitrogens with one attached hydrogen (secondary N) is 1. The molecule has 1 atom stereocenters. The van der Waals surface area contributed by atoms with E-state index in [0.717, 1.165) is 29.9 Å². The van der Waals surface area contributed by atoms with Crippen molar-refractivity contribution in [1.82, 2.24) is 29.7 Å². The summed E-state index contributed by atoms with van der Waals surface area (Å²) < 4.78 is 18.7. The highest BCUT2D eigenvalue weighted by Gasteiger charge is 2.40. The lowest BCUT2D eigenvalue weighted by atomic mass is 9.86. The summed E-state index contributed by atoms with van der Waals surface area (Å²) in [6, 6.07) is 8.21. The molecular formula is C36H50N8O5.